The number of aromatic nitrogens is 2. The third-order valence-electron chi connectivity index (χ3n) is 4.12. The first-order valence-electron chi connectivity index (χ1n) is 8.19. The van der Waals surface area contributed by atoms with E-state index < -0.39 is 0 Å². The first-order valence-corrected chi connectivity index (χ1v) is 8.19. The lowest BCUT2D eigenvalue weighted by atomic mass is 10.0. The summed E-state index contributed by atoms with van der Waals surface area (Å²) in [6.07, 6.45) is 4.96. The number of hydrogen-bond acceptors (Lipinski definition) is 5. The highest BCUT2D eigenvalue weighted by molar-refractivity contribution is 5.93. The lowest BCUT2D eigenvalue weighted by Crippen LogP contribution is -2.32. The third-order valence-corrected chi connectivity index (χ3v) is 4.12. The Kier molecular flexibility index (Phi) is 5.38. The van der Waals surface area contributed by atoms with E-state index in [0.717, 1.165) is 25.9 Å². The monoisotopic (exact) mass is 326 g/mol. The van der Waals surface area contributed by atoms with Gasteiger partial charge in [-0.3, -0.25) is 4.79 Å². The number of nitrogens with zero attached hydrogens (tertiary/aromatic N) is 3. The Balaban J connectivity index is 1.60. The predicted molar refractivity (Wildman–Crippen MR) is 92.1 cm³/mol. The molecule has 1 aromatic heterocycles. The molecule has 1 N–H and O–H groups in total. The molecule has 6 nitrogen and oxygen atoms in total. The summed E-state index contributed by atoms with van der Waals surface area (Å²) in [5.41, 5.74) is 3.18. The Morgan fingerprint density at radius 1 is 1.25 bits per heavy atom. The van der Waals surface area contributed by atoms with Crippen molar-refractivity contribution in [2.75, 3.05) is 31.7 Å². The van der Waals surface area contributed by atoms with E-state index in [9.17, 15) is 4.79 Å². The minimum absolute atomic E-state index is 0.151. The van der Waals surface area contributed by atoms with Gasteiger partial charge in [-0.1, -0.05) is 24.3 Å². The molecule has 0 saturated carbocycles. The van der Waals surface area contributed by atoms with E-state index in [2.05, 4.69) is 44.5 Å². The van der Waals surface area contributed by atoms with Crippen LogP contribution < -0.4 is 10.2 Å². The van der Waals surface area contributed by atoms with Crippen molar-refractivity contribution in [1.82, 2.24) is 15.3 Å². The molecular formula is C18H22N4O2. The quantitative estimate of drug-likeness (QED) is 0.820. The van der Waals surface area contributed by atoms with E-state index in [4.69, 9.17) is 4.74 Å². The SMILES string of the molecule is COCCCNC(=O)c1cnc(N2CCc3ccccc3C2)nc1. The third kappa shape index (κ3) is 3.89. The van der Waals surface area contributed by atoms with Crippen molar-refractivity contribution < 1.29 is 9.53 Å². The average molecular weight is 326 g/mol. The number of benzene rings is 1. The molecule has 24 heavy (non-hydrogen) atoms. The number of anilines is 1. The van der Waals surface area contributed by atoms with E-state index in [1.807, 2.05) is 0 Å². The van der Waals surface area contributed by atoms with Gasteiger partial charge in [0.1, 0.15) is 0 Å². The normalized spacial score (nSPS) is 13.5. The first-order chi connectivity index (χ1) is 11.8. The van der Waals surface area contributed by atoms with Crippen molar-refractivity contribution in [1.29, 1.82) is 0 Å². The summed E-state index contributed by atoms with van der Waals surface area (Å²) in [5.74, 6) is 0.516. The second-order valence-corrected chi connectivity index (χ2v) is 5.81. The Bertz CT molecular complexity index is 688. The Hall–Kier alpha value is -2.47. The van der Waals surface area contributed by atoms with Gasteiger partial charge in [0.15, 0.2) is 0 Å². The van der Waals surface area contributed by atoms with Crippen LogP contribution in [0.1, 0.15) is 27.9 Å². The fourth-order valence-electron chi connectivity index (χ4n) is 2.79. The Morgan fingerprint density at radius 2 is 2.00 bits per heavy atom. The molecule has 2 heterocycles. The summed E-state index contributed by atoms with van der Waals surface area (Å²) in [7, 11) is 1.65. The van der Waals surface area contributed by atoms with Gasteiger partial charge in [0.05, 0.1) is 5.56 Å². The smallest absolute Gasteiger partial charge is 0.254 e. The minimum atomic E-state index is -0.151. The molecule has 1 aromatic carbocycles. The number of hydrogen-bond donors (Lipinski definition) is 1. The van der Waals surface area contributed by atoms with Crippen LogP contribution in [0.4, 0.5) is 5.95 Å². The van der Waals surface area contributed by atoms with E-state index in [-0.39, 0.29) is 5.91 Å². The number of nitrogens with one attached hydrogen (secondary N) is 1. The number of ether oxygens (including phenoxy) is 1. The molecule has 0 fully saturated rings. The van der Waals surface area contributed by atoms with Crippen LogP contribution in [-0.4, -0.2) is 42.7 Å². The fourth-order valence-corrected chi connectivity index (χ4v) is 2.79. The van der Waals surface area contributed by atoms with Crippen LogP contribution in [0.25, 0.3) is 0 Å². The number of rotatable bonds is 6. The lowest BCUT2D eigenvalue weighted by molar-refractivity contribution is 0.0948. The van der Waals surface area contributed by atoms with Crippen molar-refractivity contribution in [3.8, 4) is 0 Å². The van der Waals surface area contributed by atoms with Gasteiger partial charge < -0.3 is 15.0 Å². The summed E-state index contributed by atoms with van der Waals surface area (Å²) in [6.45, 7) is 2.90. The van der Waals surface area contributed by atoms with Crippen LogP contribution in [0.3, 0.4) is 0 Å². The van der Waals surface area contributed by atoms with Crippen LogP contribution in [0.15, 0.2) is 36.7 Å². The van der Waals surface area contributed by atoms with E-state index in [1.54, 1.807) is 19.5 Å². The maximum atomic E-state index is 12.0. The first kappa shape index (κ1) is 16.4. The highest BCUT2D eigenvalue weighted by atomic mass is 16.5. The van der Waals surface area contributed by atoms with Crippen LogP contribution in [-0.2, 0) is 17.7 Å². The summed E-state index contributed by atoms with van der Waals surface area (Å²) >= 11 is 0. The van der Waals surface area contributed by atoms with E-state index in [1.165, 1.54) is 11.1 Å². The van der Waals surface area contributed by atoms with Gasteiger partial charge in [0, 0.05) is 45.7 Å². The molecule has 3 rings (SSSR count). The molecule has 2 aromatic rings. The highest BCUT2D eigenvalue weighted by Gasteiger charge is 2.18. The Morgan fingerprint density at radius 3 is 2.75 bits per heavy atom. The van der Waals surface area contributed by atoms with Gasteiger partial charge in [-0.05, 0) is 24.0 Å². The molecule has 0 spiro atoms. The molecule has 126 valence electrons. The van der Waals surface area contributed by atoms with Crippen LogP contribution in [0, 0.1) is 0 Å². The second-order valence-electron chi connectivity index (χ2n) is 5.81. The lowest BCUT2D eigenvalue weighted by Gasteiger charge is -2.28. The van der Waals surface area contributed by atoms with Gasteiger partial charge in [0.25, 0.3) is 5.91 Å². The summed E-state index contributed by atoms with van der Waals surface area (Å²) in [6, 6.07) is 8.44. The predicted octanol–water partition coefficient (Wildman–Crippen LogP) is 1.81. The number of fused-ring (bicyclic) bond motifs is 1. The fraction of sp³-hybridized carbons (Fsp3) is 0.389. The topological polar surface area (TPSA) is 67.3 Å². The zero-order valence-corrected chi connectivity index (χ0v) is 13.9. The second kappa shape index (κ2) is 7.88. The molecule has 0 atom stereocenters. The minimum Gasteiger partial charge on any atom is -0.385 e. The molecule has 1 aliphatic heterocycles. The van der Waals surface area contributed by atoms with Gasteiger partial charge in [-0.2, -0.15) is 0 Å². The van der Waals surface area contributed by atoms with E-state index in [0.29, 0.717) is 24.7 Å². The molecule has 0 aliphatic carbocycles. The van der Waals surface area contributed by atoms with Gasteiger partial charge in [-0.25, -0.2) is 9.97 Å². The molecule has 0 radical (unpaired) electrons. The molecule has 6 heteroatoms. The molecule has 1 amide bonds. The van der Waals surface area contributed by atoms with Gasteiger partial charge >= 0.3 is 0 Å². The van der Waals surface area contributed by atoms with Crippen LogP contribution in [0.5, 0.6) is 0 Å². The standard InChI is InChI=1S/C18H22N4O2/c1-24-10-4-8-19-17(23)16-11-20-18(21-12-16)22-9-7-14-5-2-3-6-15(14)13-22/h2-3,5-6,11-12H,4,7-10,13H2,1H3,(H,19,23). The van der Waals surface area contributed by atoms with E-state index >= 15 is 0 Å². The molecule has 0 unspecified atom stereocenters. The largest absolute Gasteiger partial charge is 0.385 e. The van der Waals surface area contributed by atoms with Crippen LogP contribution in [0.2, 0.25) is 0 Å². The van der Waals surface area contributed by atoms with Gasteiger partial charge in [0.2, 0.25) is 5.95 Å². The molecule has 0 bridgehead atoms. The zero-order valence-electron chi connectivity index (χ0n) is 13.9. The average Bonchev–Trinajstić information content (AvgIpc) is 2.65. The summed E-state index contributed by atoms with van der Waals surface area (Å²) < 4.78 is 4.96. The molecule has 0 saturated heterocycles. The number of amides is 1. The van der Waals surface area contributed by atoms with Crippen molar-refractivity contribution in [3.63, 3.8) is 0 Å². The number of methoxy groups -OCH3 is 1. The number of carbonyl (C=O) groups is 1. The summed E-state index contributed by atoms with van der Waals surface area (Å²) in [4.78, 5) is 22.9. The zero-order chi connectivity index (χ0) is 16.8. The molecule has 1 aliphatic rings. The van der Waals surface area contributed by atoms with Crippen molar-refractivity contribution in [3.05, 3.63) is 53.3 Å². The molecular weight excluding hydrogens is 304 g/mol. The maximum absolute atomic E-state index is 12.0. The van der Waals surface area contributed by atoms with Crippen molar-refractivity contribution in [2.24, 2.45) is 0 Å². The van der Waals surface area contributed by atoms with Crippen molar-refractivity contribution in [2.45, 2.75) is 19.4 Å². The Labute approximate surface area is 141 Å². The maximum Gasteiger partial charge on any atom is 0.254 e. The van der Waals surface area contributed by atoms with Crippen molar-refractivity contribution >= 4 is 11.9 Å². The van der Waals surface area contributed by atoms with Gasteiger partial charge in [-0.15, -0.1) is 0 Å². The highest BCUT2D eigenvalue weighted by Crippen LogP contribution is 2.21. The number of carbonyl (C=O) groups excluding carboxylic acids is 1. The van der Waals surface area contributed by atoms with Crippen LogP contribution >= 0.6 is 0 Å². The summed E-state index contributed by atoms with van der Waals surface area (Å²) in [5, 5.41) is 2.83.